The maximum Gasteiger partial charge on any atom is 0.248 e. The zero-order valence-corrected chi connectivity index (χ0v) is 12.5. The lowest BCUT2D eigenvalue weighted by molar-refractivity contribution is -0.0548. The van der Waals surface area contributed by atoms with Crippen molar-refractivity contribution in [1.82, 2.24) is 5.43 Å². The van der Waals surface area contributed by atoms with Crippen molar-refractivity contribution < 1.29 is 8.78 Å². The molecule has 1 aromatic rings. The molecule has 0 aliphatic heterocycles. The maximum atomic E-state index is 13.5. The van der Waals surface area contributed by atoms with Gasteiger partial charge in [0.2, 0.25) is 5.92 Å². The van der Waals surface area contributed by atoms with Gasteiger partial charge < -0.3 is 0 Å². The van der Waals surface area contributed by atoms with Crippen molar-refractivity contribution in [3.05, 3.63) is 33.8 Å². The number of hydrogen-bond acceptors (Lipinski definition) is 2. The van der Waals surface area contributed by atoms with Gasteiger partial charge in [0.25, 0.3) is 0 Å². The Labute approximate surface area is 127 Å². The van der Waals surface area contributed by atoms with E-state index >= 15 is 0 Å². The van der Waals surface area contributed by atoms with Crippen LogP contribution in [-0.4, -0.2) is 5.92 Å². The molecule has 1 aliphatic rings. The highest BCUT2D eigenvalue weighted by molar-refractivity contribution is 6.42. The van der Waals surface area contributed by atoms with Gasteiger partial charge in [-0.1, -0.05) is 35.3 Å². The summed E-state index contributed by atoms with van der Waals surface area (Å²) in [6, 6.07) is 5.03. The lowest BCUT2D eigenvalue weighted by Gasteiger charge is -2.31. The molecule has 2 nitrogen and oxygen atoms in total. The summed E-state index contributed by atoms with van der Waals surface area (Å²) < 4.78 is 26.9. The van der Waals surface area contributed by atoms with Crippen molar-refractivity contribution in [2.24, 2.45) is 11.8 Å². The molecule has 0 aromatic heterocycles. The minimum absolute atomic E-state index is 0.0118. The third-order valence-electron chi connectivity index (χ3n) is 3.87. The van der Waals surface area contributed by atoms with E-state index in [2.05, 4.69) is 5.43 Å². The van der Waals surface area contributed by atoms with E-state index in [1.807, 2.05) is 6.07 Å². The van der Waals surface area contributed by atoms with E-state index < -0.39 is 5.92 Å². The largest absolute Gasteiger partial charge is 0.271 e. The second-order valence-electron chi connectivity index (χ2n) is 5.42. The molecule has 0 saturated heterocycles. The van der Waals surface area contributed by atoms with Crippen molar-refractivity contribution in [2.45, 2.75) is 44.1 Å². The average Bonchev–Trinajstić information content (AvgIpc) is 2.38. The quantitative estimate of drug-likeness (QED) is 0.622. The van der Waals surface area contributed by atoms with Gasteiger partial charge in [-0.25, -0.2) is 8.78 Å². The number of nitrogens with one attached hydrogen (secondary N) is 1. The second kappa shape index (κ2) is 6.56. The standard InChI is InChI=1S/C14H18Cl2F2N2/c15-11-5-1-4-10(13(11)16)12(20-19)7-9-3-2-6-14(17,18)8-9/h1,4-5,9,12,20H,2-3,6-8,19H2. The molecule has 3 N–H and O–H groups in total. The monoisotopic (exact) mass is 322 g/mol. The number of alkyl halides is 2. The van der Waals surface area contributed by atoms with Crippen LogP contribution in [0.5, 0.6) is 0 Å². The summed E-state index contributed by atoms with van der Waals surface area (Å²) in [4.78, 5) is 0. The SMILES string of the molecule is NNC(CC1CCCC(F)(F)C1)c1cccc(Cl)c1Cl. The number of rotatable bonds is 4. The topological polar surface area (TPSA) is 38.0 Å². The molecule has 2 atom stereocenters. The zero-order valence-electron chi connectivity index (χ0n) is 11.0. The number of halogens is 4. The van der Waals surface area contributed by atoms with Crippen molar-refractivity contribution in [1.29, 1.82) is 0 Å². The van der Waals surface area contributed by atoms with Gasteiger partial charge in [0, 0.05) is 18.9 Å². The fourth-order valence-corrected chi connectivity index (χ4v) is 3.32. The van der Waals surface area contributed by atoms with Crippen LogP contribution in [0.4, 0.5) is 8.78 Å². The van der Waals surface area contributed by atoms with Gasteiger partial charge in [-0.05, 0) is 36.8 Å². The molecule has 2 unspecified atom stereocenters. The summed E-state index contributed by atoms with van der Waals surface area (Å²) in [6.07, 6.45) is 1.79. The van der Waals surface area contributed by atoms with E-state index in [0.29, 0.717) is 22.9 Å². The van der Waals surface area contributed by atoms with E-state index in [1.54, 1.807) is 12.1 Å². The van der Waals surface area contributed by atoms with Crippen LogP contribution in [0.3, 0.4) is 0 Å². The van der Waals surface area contributed by atoms with Crippen molar-refractivity contribution in [3.8, 4) is 0 Å². The van der Waals surface area contributed by atoms with Gasteiger partial charge >= 0.3 is 0 Å². The molecule has 6 heteroatoms. The molecule has 0 heterocycles. The molecule has 0 amide bonds. The second-order valence-corrected chi connectivity index (χ2v) is 6.20. The highest BCUT2D eigenvalue weighted by Gasteiger charge is 2.37. The molecule has 1 aliphatic carbocycles. The van der Waals surface area contributed by atoms with Gasteiger partial charge in [-0.2, -0.15) is 0 Å². The van der Waals surface area contributed by atoms with E-state index in [-0.39, 0.29) is 24.8 Å². The molecular formula is C14H18Cl2F2N2. The molecule has 0 radical (unpaired) electrons. The Balaban J connectivity index is 2.11. The molecule has 1 saturated carbocycles. The molecule has 0 spiro atoms. The Kier molecular flexibility index (Phi) is 5.24. The van der Waals surface area contributed by atoms with Gasteiger partial charge in [0.05, 0.1) is 10.0 Å². The van der Waals surface area contributed by atoms with Gasteiger partial charge in [-0.15, -0.1) is 0 Å². The molecule has 1 fully saturated rings. The minimum Gasteiger partial charge on any atom is -0.271 e. The Morgan fingerprint density at radius 1 is 1.40 bits per heavy atom. The van der Waals surface area contributed by atoms with E-state index in [0.717, 1.165) is 12.0 Å². The molecule has 112 valence electrons. The van der Waals surface area contributed by atoms with Crippen LogP contribution in [0, 0.1) is 5.92 Å². The Bertz CT molecular complexity index is 468. The highest BCUT2D eigenvalue weighted by atomic mass is 35.5. The summed E-state index contributed by atoms with van der Waals surface area (Å²) in [5.41, 5.74) is 3.43. The van der Waals surface area contributed by atoms with Crippen LogP contribution in [0.2, 0.25) is 10.0 Å². The van der Waals surface area contributed by atoms with Crippen molar-refractivity contribution >= 4 is 23.2 Å². The normalized spacial score (nSPS) is 23.6. The minimum atomic E-state index is -2.56. The lowest BCUT2D eigenvalue weighted by Crippen LogP contribution is -2.33. The van der Waals surface area contributed by atoms with Crippen LogP contribution < -0.4 is 11.3 Å². The van der Waals surface area contributed by atoms with E-state index in [4.69, 9.17) is 29.0 Å². The first-order chi connectivity index (χ1) is 9.43. The van der Waals surface area contributed by atoms with Crippen LogP contribution in [0.25, 0.3) is 0 Å². The first kappa shape index (κ1) is 16.0. The molecular weight excluding hydrogens is 305 g/mol. The first-order valence-corrected chi connectivity index (χ1v) is 7.46. The summed E-state index contributed by atoms with van der Waals surface area (Å²) in [7, 11) is 0. The zero-order chi connectivity index (χ0) is 14.8. The predicted octanol–water partition coefficient (Wildman–Crippen LogP) is 4.71. The number of benzene rings is 1. The van der Waals surface area contributed by atoms with E-state index in [9.17, 15) is 8.78 Å². The number of hydrazine groups is 1. The molecule has 2 rings (SSSR count). The fourth-order valence-electron chi connectivity index (χ4n) is 2.88. The molecule has 1 aromatic carbocycles. The van der Waals surface area contributed by atoms with Crippen molar-refractivity contribution in [3.63, 3.8) is 0 Å². The Hall–Kier alpha value is -0.420. The van der Waals surface area contributed by atoms with Crippen LogP contribution >= 0.6 is 23.2 Å². The fraction of sp³-hybridized carbons (Fsp3) is 0.571. The highest BCUT2D eigenvalue weighted by Crippen LogP contribution is 2.41. The average molecular weight is 323 g/mol. The van der Waals surface area contributed by atoms with Crippen LogP contribution in [0.15, 0.2) is 18.2 Å². The number of nitrogens with two attached hydrogens (primary N) is 1. The Morgan fingerprint density at radius 3 is 2.80 bits per heavy atom. The smallest absolute Gasteiger partial charge is 0.248 e. The first-order valence-electron chi connectivity index (χ1n) is 6.71. The molecule has 20 heavy (non-hydrogen) atoms. The van der Waals surface area contributed by atoms with Gasteiger partial charge in [-0.3, -0.25) is 11.3 Å². The van der Waals surface area contributed by atoms with Gasteiger partial charge in [0.15, 0.2) is 0 Å². The summed E-state index contributed by atoms with van der Waals surface area (Å²) in [5.74, 6) is 2.95. The van der Waals surface area contributed by atoms with Crippen LogP contribution in [0.1, 0.15) is 43.7 Å². The summed E-state index contributed by atoms with van der Waals surface area (Å²) in [6.45, 7) is 0. The van der Waals surface area contributed by atoms with Crippen molar-refractivity contribution in [2.75, 3.05) is 0 Å². The predicted molar refractivity (Wildman–Crippen MR) is 78.0 cm³/mol. The Morgan fingerprint density at radius 2 is 2.15 bits per heavy atom. The third kappa shape index (κ3) is 3.82. The van der Waals surface area contributed by atoms with Gasteiger partial charge in [0.1, 0.15) is 0 Å². The summed E-state index contributed by atoms with van der Waals surface area (Å²) >= 11 is 12.1. The third-order valence-corrected chi connectivity index (χ3v) is 4.70. The lowest BCUT2D eigenvalue weighted by atomic mass is 9.81. The van der Waals surface area contributed by atoms with E-state index in [1.165, 1.54) is 0 Å². The summed E-state index contributed by atoms with van der Waals surface area (Å²) in [5, 5.41) is 0.873. The molecule has 0 bridgehead atoms. The maximum absolute atomic E-state index is 13.5. The van der Waals surface area contributed by atoms with Crippen LogP contribution in [-0.2, 0) is 0 Å². The number of hydrogen-bond donors (Lipinski definition) is 2.